The molecule has 0 radical (unpaired) electrons. The van der Waals surface area contributed by atoms with Gasteiger partial charge in [0.1, 0.15) is 5.76 Å². The average molecular weight is 579 g/mol. The molecule has 40 heavy (non-hydrogen) atoms. The fourth-order valence-corrected chi connectivity index (χ4v) is 6.72. The highest BCUT2D eigenvalue weighted by molar-refractivity contribution is 8.25. The van der Waals surface area contributed by atoms with Gasteiger partial charge in [-0.3, -0.25) is 18.2 Å². The molecule has 1 aliphatic heterocycles. The number of hydrogen-bond donors (Lipinski definition) is 6. The second kappa shape index (κ2) is 14.6. The number of furan rings is 1. The van der Waals surface area contributed by atoms with E-state index in [0.717, 1.165) is 37.8 Å². The van der Waals surface area contributed by atoms with Crippen molar-refractivity contribution in [2.24, 2.45) is 5.92 Å². The van der Waals surface area contributed by atoms with Crippen molar-refractivity contribution in [2.75, 3.05) is 35.0 Å². The first-order valence-corrected chi connectivity index (χ1v) is 16.3. The summed E-state index contributed by atoms with van der Waals surface area (Å²) in [7, 11) is -2.94. The summed E-state index contributed by atoms with van der Waals surface area (Å²) < 4.78 is 28.6. The van der Waals surface area contributed by atoms with E-state index in [1.165, 1.54) is 0 Å². The lowest BCUT2D eigenvalue weighted by Crippen LogP contribution is -2.52. The van der Waals surface area contributed by atoms with Crippen LogP contribution in [0.5, 0.6) is 0 Å². The van der Waals surface area contributed by atoms with E-state index in [1.807, 2.05) is 19.1 Å². The van der Waals surface area contributed by atoms with Gasteiger partial charge in [-0.15, -0.1) is 10.8 Å². The van der Waals surface area contributed by atoms with Crippen LogP contribution in [0, 0.1) is 5.92 Å². The van der Waals surface area contributed by atoms with Crippen LogP contribution in [0.15, 0.2) is 41.0 Å². The van der Waals surface area contributed by atoms with Crippen molar-refractivity contribution in [3.05, 3.63) is 47.9 Å². The summed E-state index contributed by atoms with van der Waals surface area (Å²) in [6, 6.07) is 8.33. The Morgan fingerprint density at radius 2 is 1.98 bits per heavy atom. The standard InChI is InChI=1S/C30H50N4O5S/c1-6-31-24-17-23(18-25(19-24)34-14-7-8-16-40(34,37)38)29(36)33-27(20-26-12-10-15-39-26)28(35)21-32-30(4,5)13-9-11-22(2)3/h10,12,15,17-19,22,27-28,31-32,35,37-38H,6-9,11,13-14,16,20-21H2,1-5H3,(H,33,36). The smallest absolute Gasteiger partial charge is 0.251 e. The summed E-state index contributed by atoms with van der Waals surface area (Å²) in [5.41, 5.74) is 1.55. The first-order chi connectivity index (χ1) is 18.9. The molecule has 6 N–H and O–H groups in total. The Hall–Kier alpha value is -2.24. The summed E-state index contributed by atoms with van der Waals surface area (Å²) in [5.74, 6) is 1.30. The lowest BCUT2D eigenvalue weighted by Gasteiger charge is -2.47. The summed E-state index contributed by atoms with van der Waals surface area (Å²) in [6.07, 6.45) is 5.92. The molecule has 2 aromatic rings. The van der Waals surface area contributed by atoms with Gasteiger partial charge < -0.3 is 25.5 Å². The van der Waals surface area contributed by atoms with Gasteiger partial charge in [-0.1, -0.05) is 26.7 Å². The minimum absolute atomic E-state index is 0.151. The molecule has 10 heteroatoms. The largest absolute Gasteiger partial charge is 0.469 e. The molecule has 2 heterocycles. The molecule has 0 saturated carbocycles. The van der Waals surface area contributed by atoms with E-state index in [2.05, 4.69) is 43.6 Å². The number of amides is 1. The van der Waals surface area contributed by atoms with Crippen LogP contribution in [-0.2, 0) is 6.42 Å². The Labute approximate surface area is 241 Å². The van der Waals surface area contributed by atoms with E-state index < -0.39 is 22.9 Å². The van der Waals surface area contributed by atoms with Gasteiger partial charge in [-0.2, -0.15) is 0 Å². The molecule has 0 aliphatic carbocycles. The summed E-state index contributed by atoms with van der Waals surface area (Å²) in [5, 5.41) is 21.0. The van der Waals surface area contributed by atoms with Crippen molar-refractivity contribution in [2.45, 2.75) is 90.8 Å². The van der Waals surface area contributed by atoms with Gasteiger partial charge in [0.15, 0.2) is 0 Å². The topological polar surface area (TPSA) is 130 Å². The van der Waals surface area contributed by atoms with Gasteiger partial charge in [-0.05, 0) is 76.3 Å². The highest BCUT2D eigenvalue weighted by Gasteiger charge is 2.29. The van der Waals surface area contributed by atoms with Crippen molar-refractivity contribution in [3.63, 3.8) is 0 Å². The van der Waals surface area contributed by atoms with Gasteiger partial charge >= 0.3 is 0 Å². The van der Waals surface area contributed by atoms with Gasteiger partial charge in [0.2, 0.25) is 0 Å². The summed E-state index contributed by atoms with van der Waals surface area (Å²) in [6.45, 7) is 12.2. The second-order valence-electron chi connectivity index (χ2n) is 11.9. The molecule has 1 aromatic heterocycles. The zero-order chi connectivity index (χ0) is 29.3. The van der Waals surface area contributed by atoms with Gasteiger partial charge in [0.25, 0.3) is 5.91 Å². The summed E-state index contributed by atoms with van der Waals surface area (Å²) >= 11 is 0. The molecule has 3 rings (SSSR count). The number of carbonyl (C=O) groups is 1. The fraction of sp³-hybridized carbons (Fsp3) is 0.633. The molecule has 2 unspecified atom stereocenters. The maximum Gasteiger partial charge on any atom is 0.251 e. The minimum Gasteiger partial charge on any atom is -0.469 e. The fourth-order valence-electron chi connectivity index (χ4n) is 5.04. The van der Waals surface area contributed by atoms with Gasteiger partial charge in [0.05, 0.1) is 29.8 Å². The Morgan fingerprint density at radius 3 is 2.62 bits per heavy atom. The van der Waals surface area contributed by atoms with Crippen LogP contribution in [0.2, 0.25) is 0 Å². The normalized spacial score (nSPS) is 17.9. The molecule has 0 bridgehead atoms. The van der Waals surface area contributed by atoms with E-state index in [4.69, 9.17) is 4.42 Å². The predicted octanol–water partition coefficient (Wildman–Crippen LogP) is 5.87. The predicted molar refractivity (Wildman–Crippen MR) is 165 cm³/mol. The number of carbonyl (C=O) groups excluding carboxylic acids is 1. The molecule has 1 aromatic carbocycles. The number of aliphatic hydroxyl groups excluding tert-OH is 1. The molecule has 1 fully saturated rings. The van der Waals surface area contributed by atoms with Crippen LogP contribution < -0.4 is 20.3 Å². The molecular formula is C30H50N4O5S. The highest BCUT2D eigenvalue weighted by Crippen LogP contribution is 2.50. The molecule has 0 spiro atoms. The zero-order valence-corrected chi connectivity index (χ0v) is 25.6. The number of benzene rings is 1. The molecule has 1 aliphatic rings. The van der Waals surface area contributed by atoms with Crippen molar-refractivity contribution < 1.29 is 23.4 Å². The first-order valence-electron chi connectivity index (χ1n) is 14.6. The monoisotopic (exact) mass is 578 g/mol. The first kappa shape index (κ1) is 32.3. The molecule has 226 valence electrons. The number of nitrogens with zero attached hydrogens (tertiary/aromatic N) is 1. The second-order valence-corrected chi connectivity index (χ2v) is 14.0. The van der Waals surface area contributed by atoms with Gasteiger partial charge in [0, 0.05) is 42.8 Å². The quantitative estimate of drug-likeness (QED) is 0.155. The Bertz CT molecular complexity index is 1060. The van der Waals surface area contributed by atoms with Crippen LogP contribution in [-0.4, -0.2) is 63.2 Å². The number of anilines is 2. The van der Waals surface area contributed by atoms with E-state index in [0.29, 0.717) is 54.7 Å². The van der Waals surface area contributed by atoms with Crippen molar-refractivity contribution >= 4 is 28.1 Å². The Morgan fingerprint density at radius 1 is 1.20 bits per heavy atom. The third-order valence-electron chi connectivity index (χ3n) is 7.39. The van der Waals surface area contributed by atoms with Crippen LogP contribution in [0.1, 0.15) is 82.8 Å². The Balaban J connectivity index is 1.78. The Kier molecular flexibility index (Phi) is 11.8. The minimum atomic E-state index is -2.94. The maximum atomic E-state index is 13.6. The zero-order valence-electron chi connectivity index (χ0n) is 24.8. The third-order valence-corrected chi connectivity index (χ3v) is 9.32. The lowest BCUT2D eigenvalue weighted by atomic mass is 9.94. The van der Waals surface area contributed by atoms with E-state index in [9.17, 15) is 19.0 Å². The molecule has 9 nitrogen and oxygen atoms in total. The van der Waals surface area contributed by atoms with E-state index in [-0.39, 0.29) is 11.4 Å². The number of nitrogens with one attached hydrogen (secondary N) is 3. The van der Waals surface area contributed by atoms with Crippen molar-refractivity contribution in [3.8, 4) is 0 Å². The van der Waals surface area contributed by atoms with Gasteiger partial charge in [-0.25, -0.2) is 0 Å². The highest BCUT2D eigenvalue weighted by atomic mass is 32.3. The van der Waals surface area contributed by atoms with E-state index in [1.54, 1.807) is 28.8 Å². The lowest BCUT2D eigenvalue weighted by molar-refractivity contribution is 0.0804. The molecule has 2 atom stereocenters. The molecule has 1 saturated heterocycles. The summed E-state index contributed by atoms with van der Waals surface area (Å²) in [4.78, 5) is 13.6. The van der Waals surface area contributed by atoms with Crippen LogP contribution in [0.25, 0.3) is 0 Å². The van der Waals surface area contributed by atoms with Crippen molar-refractivity contribution in [1.82, 2.24) is 10.6 Å². The van der Waals surface area contributed by atoms with Crippen LogP contribution in [0.4, 0.5) is 11.4 Å². The molecule has 1 amide bonds. The number of aliphatic hydroxyl groups is 1. The molecular weight excluding hydrogens is 528 g/mol. The number of hydrogen-bond acceptors (Lipinski definition) is 8. The maximum absolute atomic E-state index is 13.6. The number of rotatable bonds is 15. The van der Waals surface area contributed by atoms with Crippen molar-refractivity contribution in [1.29, 1.82) is 0 Å². The third kappa shape index (κ3) is 9.69. The van der Waals surface area contributed by atoms with Crippen LogP contribution >= 0.6 is 10.8 Å². The average Bonchev–Trinajstić information content (AvgIpc) is 3.39. The number of β-amino-alcohol motifs (C(OH)–C–C–N with tert-alkyl or cyclic N) is 1. The SMILES string of the molecule is CCNc1cc(C(=O)NC(Cc2ccco2)C(O)CNC(C)(C)CCCC(C)C)cc(N2CCCCS2(O)O)c1. The van der Waals surface area contributed by atoms with E-state index >= 15 is 0 Å². The van der Waals surface area contributed by atoms with Crippen LogP contribution in [0.3, 0.4) is 0 Å².